The predicted molar refractivity (Wildman–Crippen MR) is 79.7 cm³/mol. The zero-order chi connectivity index (χ0) is 13.8. The molecule has 4 nitrogen and oxygen atoms in total. The van der Waals surface area contributed by atoms with Gasteiger partial charge in [0.25, 0.3) is 0 Å². The van der Waals surface area contributed by atoms with Crippen LogP contribution in [0.15, 0.2) is 23.6 Å². The Labute approximate surface area is 116 Å². The molecule has 2 aromatic rings. The van der Waals surface area contributed by atoms with E-state index in [1.807, 2.05) is 37.4 Å². The van der Waals surface area contributed by atoms with E-state index in [0.717, 1.165) is 27.6 Å². The van der Waals surface area contributed by atoms with Gasteiger partial charge < -0.3 is 10.6 Å². The zero-order valence-electron chi connectivity index (χ0n) is 11.3. The van der Waals surface area contributed by atoms with Crippen molar-refractivity contribution in [3.8, 4) is 0 Å². The van der Waals surface area contributed by atoms with Crippen LogP contribution in [0.3, 0.4) is 0 Å². The van der Waals surface area contributed by atoms with Gasteiger partial charge in [0, 0.05) is 29.4 Å². The summed E-state index contributed by atoms with van der Waals surface area (Å²) in [6.45, 7) is 6.17. The molecule has 1 amide bonds. The number of carbonyl (C=O) groups is 1. The van der Waals surface area contributed by atoms with Gasteiger partial charge in [0.2, 0.25) is 5.91 Å². The molecule has 0 unspecified atom stereocenters. The topological polar surface area (TPSA) is 54.0 Å². The summed E-state index contributed by atoms with van der Waals surface area (Å²) in [4.78, 5) is 15.5. The van der Waals surface area contributed by atoms with Crippen molar-refractivity contribution in [3.63, 3.8) is 0 Å². The monoisotopic (exact) mass is 275 g/mol. The first-order valence-corrected chi connectivity index (χ1v) is 6.95. The minimum absolute atomic E-state index is 0.0594. The minimum Gasteiger partial charge on any atom is -0.378 e. The maximum Gasteiger partial charge on any atom is 0.221 e. The Morgan fingerprint density at radius 1 is 1.37 bits per heavy atom. The number of rotatable bonds is 4. The van der Waals surface area contributed by atoms with Gasteiger partial charge in [0.05, 0.1) is 6.54 Å². The number of nitrogens with zero attached hydrogens (tertiary/aromatic N) is 1. The first-order chi connectivity index (χ1) is 9.04. The summed E-state index contributed by atoms with van der Waals surface area (Å²) >= 11 is 1.64. The van der Waals surface area contributed by atoms with Gasteiger partial charge in [-0.3, -0.25) is 4.79 Å². The summed E-state index contributed by atoms with van der Waals surface area (Å²) in [7, 11) is 0. The van der Waals surface area contributed by atoms with Gasteiger partial charge in [-0.15, -0.1) is 11.3 Å². The molecule has 1 aromatic carbocycles. The van der Waals surface area contributed by atoms with E-state index in [9.17, 15) is 4.79 Å². The summed E-state index contributed by atoms with van der Waals surface area (Å²) < 4.78 is 0. The molecule has 0 saturated heterocycles. The van der Waals surface area contributed by atoms with Gasteiger partial charge in [-0.05, 0) is 31.5 Å². The first-order valence-electron chi connectivity index (χ1n) is 6.07. The number of thiazole rings is 1. The molecule has 100 valence electrons. The second-order valence-electron chi connectivity index (χ2n) is 4.45. The van der Waals surface area contributed by atoms with E-state index in [-0.39, 0.29) is 5.91 Å². The van der Waals surface area contributed by atoms with Crippen LogP contribution < -0.4 is 10.6 Å². The molecule has 0 aliphatic heterocycles. The van der Waals surface area contributed by atoms with Gasteiger partial charge in [-0.1, -0.05) is 6.07 Å². The Morgan fingerprint density at radius 2 is 2.16 bits per heavy atom. The Hall–Kier alpha value is -1.88. The Morgan fingerprint density at radius 3 is 2.79 bits per heavy atom. The van der Waals surface area contributed by atoms with E-state index in [0.29, 0.717) is 6.54 Å². The van der Waals surface area contributed by atoms with Crippen LogP contribution in [0.1, 0.15) is 23.2 Å². The highest BCUT2D eigenvalue weighted by Gasteiger charge is 2.03. The molecule has 0 aliphatic carbocycles. The Bertz CT molecular complexity index is 592. The van der Waals surface area contributed by atoms with Crippen molar-refractivity contribution in [2.24, 2.45) is 0 Å². The van der Waals surface area contributed by atoms with Crippen LogP contribution in [0.4, 0.5) is 11.4 Å². The van der Waals surface area contributed by atoms with Crippen molar-refractivity contribution in [2.75, 3.05) is 10.6 Å². The number of amides is 1. The summed E-state index contributed by atoms with van der Waals surface area (Å²) in [6.07, 6.45) is 0. The molecule has 0 saturated carbocycles. The van der Waals surface area contributed by atoms with Crippen LogP contribution in [0, 0.1) is 13.8 Å². The van der Waals surface area contributed by atoms with Crippen LogP contribution in [0.2, 0.25) is 0 Å². The Balaban J connectivity index is 2.06. The molecule has 0 spiro atoms. The molecule has 0 fully saturated rings. The number of aryl methyl sites for hydroxylation is 2. The van der Waals surface area contributed by atoms with Gasteiger partial charge in [-0.25, -0.2) is 4.98 Å². The molecule has 5 heteroatoms. The van der Waals surface area contributed by atoms with Crippen molar-refractivity contribution < 1.29 is 4.79 Å². The number of aromatic nitrogens is 1. The van der Waals surface area contributed by atoms with Crippen LogP contribution in [0.5, 0.6) is 0 Å². The summed E-state index contributed by atoms with van der Waals surface area (Å²) in [6, 6.07) is 5.93. The van der Waals surface area contributed by atoms with E-state index < -0.39 is 0 Å². The van der Waals surface area contributed by atoms with Crippen molar-refractivity contribution in [1.82, 2.24) is 4.98 Å². The Kier molecular flexibility index (Phi) is 4.16. The van der Waals surface area contributed by atoms with E-state index >= 15 is 0 Å². The number of nitrogens with one attached hydrogen (secondary N) is 2. The molecule has 0 aliphatic rings. The highest BCUT2D eigenvalue weighted by atomic mass is 32.1. The van der Waals surface area contributed by atoms with Crippen molar-refractivity contribution in [3.05, 3.63) is 39.8 Å². The molecule has 0 bridgehead atoms. The fourth-order valence-electron chi connectivity index (χ4n) is 1.72. The van der Waals surface area contributed by atoms with E-state index in [1.165, 1.54) is 6.92 Å². The van der Waals surface area contributed by atoms with Crippen molar-refractivity contribution in [2.45, 2.75) is 27.3 Å². The number of hydrogen-bond donors (Lipinski definition) is 2. The van der Waals surface area contributed by atoms with Crippen molar-refractivity contribution in [1.29, 1.82) is 0 Å². The van der Waals surface area contributed by atoms with E-state index in [2.05, 4.69) is 15.6 Å². The average molecular weight is 275 g/mol. The molecule has 2 N–H and O–H groups in total. The van der Waals surface area contributed by atoms with Crippen LogP contribution in [-0.4, -0.2) is 10.9 Å². The lowest BCUT2D eigenvalue weighted by atomic mass is 10.2. The normalized spacial score (nSPS) is 10.3. The standard InChI is InChI=1S/C14H17N3OS/c1-9-4-5-12(6-13(9)17-11(3)18)15-7-14-16-10(2)8-19-14/h4-6,8,15H,7H2,1-3H3,(H,17,18). The van der Waals surface area contributed by atoms with E-state index in [1.54, 1.807) is 11.3 Å². The number of anilines is 2. The second kappa shape index (κ2) is 5.84. The fraction of sp³-hybridized carbons (Fsp3) is 0.286. The third kappa shape index (κ3) is 3.79. The second-order valence-corrected chi connectivity index (χ2v) is 5.39. The summed E-state index contributed by atoms with van der Waals surface area (Å²) in [5.74, 6) is -0.0594. The lowest BCUT2D eigenvalue weighted by molar-refractivity contribution is -0.114. The summed E-state index contributed by atoms with van der Waals surface area (Å²) in [5, 5.41) is 9.23. The quantitative estimate of drug-likeness (QED) is 0.900. The third-order valence-corrected chi connectivity index (χ3v) is 3.63. The van der Waals surface area contributed by atoms with Crippen molar-refractivity contribution >= 4 is 28.6 Å². The largest absolute Gasteiger partial charge is 0.378 e. The molecular weight excluding hydrogens is 258 g/mol. The van der Waals surface area contributed by atoms with E-state index in [4.69, 9.17) is 0 Å². The minimum atomic E-state index is -0.0594. The number of benzene rings is 1. The number of hydrogen-bond acceptors (Lipinski definition) is 4. The lowest BCUT2D eigenvalue weighted by Crippen LogP contribution is -2.08. The molecule has 1 aromatic heterocycles. The predicted octanol–water partition coefficient (Wildman–Crippen LogP) is 3.33. The first kappa shape index (κ1) is 13.5. The SMILES string of the molecule is CC(=O)Nc1cc(NCc2nc(C)cs2)ccc1C. The highest BCUT2D eigenvalue weighted by molar-refractivity contribution is 7.09. The molecule has 1 heterocycles. The summed E-state index contributed by atoms with van der Waals surface area (Å²) in [5.41, 5.74) is 3.91. The molecule has 0 radical (unpaired) electrons. The molecule has 19 heavy (non-hydrogen) atoms. The third-order valence-electron chi connectivity index (χ3n) is 2.66. The van der Waals surface area contributed by atoms with Crippen LogP contribution in [0.25, 0.3) is 0 Å². The smallest absolute Gasteiger partial charge is 0.221 e. The van der Waals surface area contributed by atoms with Gasteiger partial charge in [-0.2, -0.15) is 0 Å². The lowest BCUT2D eigenvalue weighted by Gasteiger charge is -2.10. The maximum absolute atomic E-state index is 11.1. The van der Waals surface area contributed by atoms with Crippen LogP contribution >= 0.6 is 11.3 Å². The van der Waals surface area contributed by atoms with Gasteiger partial charge >= 0.3 is 0 Å². The van der Waals surface area contributed by atoms with Gasteiger partial charge in [0.1, 0.15) is 5.01 Å². The average Bonchev–Trinajstić information content (AvgIpc) is 2.75. The molecule has 0 atom stereocenters. The maximum atomic E-state index is 11.1. The number of carbonyl (C=O) groups excluding carboxylic acids is 1. The highest BCUT2D eigenvalue weighted by Crippen LogP contribution is 2.21. The van der Waals surface area contributed by atoms with Gasteiger partial charge in [0.15, 0.2) is 0 Å². The van der Waals surface area contributed by atoms with Crippen LogP contribution in [-0.2, 0) is 11.3 Å². The zero-order valence-corrected chi connectivity index (χ0v) is 12.1. The molecule has 2 rings (SSSR count). The molecular formula is C14H17N3OS. The fourth-order valence-corrected chi connectivity index (χ4v) is 2.43.